The molecular weight excluding hydrogens is 242 g/mol. The first-order chi connectivity index (χ1) is 9.24. The van der Waals surface area contributed by atoms with Gasteiger partial charge < -0.3 is 15.2 Å². The highest BCUT2D eigenvalue weighted by atomic mass is 16.5. The molecule has 2 N–H and O–H groups in total. The summed E-state index contributed by atoms with van der Waals surface area (Å²) in [7, 11) is 0. The Morgan fingerprint density at radius 1 is 1.16 bits per heavy atom. The van der Waals surface area contributed by atoms with Crippen molar-refractivity contribution in [1.82, 2.24) is 0 Å². The van der Waals surface area contributed by atoms with Gasteiger partial charge in [-0.3, -0.25) is 4.79 Å². The van der Waals surface area contributed by atoms with Crippen molar-refractivity contribution in [3.8, 4) is 11.5 Å². The van der Waals surface area contributed by atoms with Gasteiger partial charge in [0, 0.05) is 23.9 Å². The van der Waals surface area contributed by atoms with Gasteiger partial charge in [0.1, 0.15) is 0 Å². The average Bonchev–Trinajstić information content (AvgIpc) is 2.72. The molecule has 0 radical (unpaired) electrons. The molecule has 2 atom stereocenters. The highest BCUT2D eigenvalue weighted by Gasteiger charge is 2.29. The van der Waals surface area contributed by atoms with Crippen molar-refractivity contribution in [2.45, 2.75) is 31.7 Å². The number of benzene rings is 1. The number of hydrogen-bond acceptors (Lipinski definition) is 4. The highest BCUT2D eigenvalue weighted by Crippen LogP contribution is 2.33. The van der Waals surface area contributed by atoms with Gasteiger partial charge in [0.15, 0.2) is 17.3 Å². The van der Waals surface area contributed by atoms with Crippen molar-refractivity contribution in [3.05, 3.63) is 23.8 Å². The third-order valence-corrected chi connectivity index (χ3v) is 3.88. The number of carbonyl (C=O) groups excluding carboxylic acids is 1. The number of ether oxygens (including phenoxy) is 2. The number of fused-ring (bicyclic) bond motifs is 1. The largest absolute Gasteiger partial charge is 0.490 e. The second-order valence-electron chi connectivity index (χ2n) is 5.35. The van der Waals surface area contributed by atoms with Crippen molar-refractivity contribution < 1.29 is 14.3 Å². The molecule has 0 aromatic heterocycles. The fourth-order valence-corrected chi connectivity index (χ4v) is 2.81. The normalized spacial score (nSPS) is 25.9. The zero-order valence-corrected chi connectivity index (χ0v) is 10.9. The van der Waals surface area contributed by atoms with E-state index in [1.54, 1.807) is 0 Å². The molecule has 2 unspecified atom stereocenters. The van der Waals surface area contributed by atoms with Crippen molar-refractivity contribution >= 4 is 5.78 Å². The van der Waals surface area contributed by atoms with E-state index in [1.165, 1.54) is 0 Å². The quantitative estimate of drug-likeness (QED) is 0.829. The topological polar surface area (TPSA) is 61.6 Å². The summed E-state index contributed by atoms with van der Waals surface area (Å²) in [6, 6.07) is 5.66. The average molecular weight is 261 g/mol. The molecule has 1 heterocycles. The van der Waals surface area contributed by atoms with Gasteiger partial charge in [0.25, 0.3) is 0 Å². The molecule has 0 bridgehead atoms. The van der Waals surface area contributed by atoms with Crippen LogP contribution >= 0.6 is 0 Å². The number of carbonyl (C=O) groups is 1. The van der Waals surface area contributed by atoms with Crippen LogP contribution in [-0.2, 0) is 0 Å². The fourth-order valence-electron chi connectivity index (χ4n) is 2.81. The van der Waals surface area contributed by atoms with E-state index in [9.17, 15) is 4.79 Å². The van der Waals surface area contributed by atoms with Gasteiger partial charge in [0.05, 0.1) is 13.2 Å². The van der Waals surface area contributed by atoms with Crippen LogP contribution in [0.15, 0.2) is 18.2 Å². The number of Topliss-reactive ketones (excluding diaryl/α,β-unsaturated/α-hetero) is 1. The lowest BCUT2D eigenvalue weighted by Gasteiger charge is -2.11. The summed E-state index contributed by atoms with van der Waals surface area (Å²) in [6.07, 6.45) is 3.51. The minimum absolute atomic E-state index is 0.0692. The third-order valence-electron chi connectivity index (χ3n) is 3.88. The predicted molar refractivity (Wildman–Crippen MR) is 71.7 cm³/mol. The van der Waals surface area contributed by atoms with Gasteiger partial charge in [-0.2, -0.15) is 0 Å². The molecule has 0 amide bonds. The number of ketones is 1. The molecular formula is C15H19NO3. The van der Waals surface area contributed by atoms with E-state index in [2.05, 4.69) is 0 Å². The molecule has 0 saturated heterocycles. The molecule has 2 aliphatic rings. The predicted octanol–water partition coefficient (Wildman–Crippen LogP) is 2.16. The summed E-state index contributed by atoms with van der Waals surface area (Å²) in [4.78, 5) is 12.4. The van der Waals surface area contributed by atoms with Crippen LogP contribution in [0.1, 0.15) is 36.0 Å². The molecule has 1 fully saturated rings. The molecule has 4 nitrogen and oxygen atoms in total. The minimum Gasteiger partial charge on any atom is -0.490 e. The van der Waals surface area contributed by atoms with Crippen LogP contribution in [0.2, 0.25) is 0 Å². The molecule has 1 aromatic carbocycles. The Hall–Kier alpha value is -1.55. The van der Waals surface area contributed by atoms with Gasteiger partial charge in [-0.05, 0) is 37.5 Å². The van der Waals surface area contributed by atoms with Crippen LogP contribution in [0.25, 0.3) is 0 Å². The Balaban J connectivity index is 1.81. The van der Waals surface area contributed by atoms with Crippen LogP contribution in [0.5, 0.6) is 11.5 Å². The molecule has 1 aromatic rings. The van der Waals surface area contributed by atoms with Crippen molar-refractivity contribution in [2.75, 3.05) is 13.2 Å². The highest BCUT2D eigenvalue weighted by molar-refractivity contribution is 5.98. The zero-order chi connectivity index (χ0) is 13.2. The lowest BCUT2D eigenvalue weighted by molar-refractivity contribution is 0.0921. The van der Waals surface area contributed by atoms with Gasteiger partial charge >= 0.3 is 0 Å². The first-order valence-corrected chi connectivity index (χ1v) is 6.93. The van der Waals surface area contributed by atoms with Crippen molar-refractivity contribution in [3.63, 3.8) is 0 Å². The molecule has 4 heteroatoms. The molecule has 1 aliphatic heterocycles. The van der Waals surface area contributed by atoms with Crippen LogP contribution in [-0.4, -0.2) is 25.0 Å². The Morgan fingerprint density at radius 2 is 1.95 bits per heavy atom. The van der Waals surface area contributed by atoms with E-state index in [0.29, 0.717) is 24.5 Å². The van der Waals surface area contributed by atoms with E-state index in [1.807, 2.05) is 18.2 Å². The van der Waals surface area contributed by atoms with Crippen LogP contribution in [0.3, 0.4) is 0 Å². The van der Waals surface area contributed by atoms with E-state index in [4.69, 9.17) is 15.2 Å². The van der Waals surface area contributed by atoms with Crippen LogP contribution < -0.4 is 15.2 Å². The second-order valence-corrected chi connectivity index (χ2v) is 5.35. The standard InChI is InChI=1S/C15H19NO3/c16-12-4-2-10(8-12)15(17)11-3-5-13-14(9-11)19-7-1-6-18-13/h3,5,9-10,12H,1-2,4,6-8,16H2. The lowest BCUT2D eigenvalue weighted by Crippen LogP contribution is -2.18. The molecule has 19 heavy (non-hydrogen) atoms. The number of nitrogens with two attached hydrogens (primary N) is 1. The maximum absolute atomic E-state index is 12.4. The molecule has 1 saturated carbocycles. The third kappa shape index (κ3) is 2.59. The SMILES string of the molecule is NC1CCC(C(=O)c2ccc3c(c2)OCCCO3)C1. The van der Waals surface area contributed by atoms with Crippen LogP contribution in [0, 0.1) is 5.92 Å². The van der Waals surface area contributed by atoms with Gasteiger partial charge in [0.2, 0.25) is 0 Å². The molecule has 102 valence electrons. The van der Waals surface area contributed by atoms with E-state index in [0.717, 1.165) is 31.4 Å². The maximum atomic E-state index is 12.4. The summed E-state index contributed by atoms with van der Waals surface area (Å²) in [5, 5.41) is 0. The van der Waals surface area contributed by atoms with Crippen molar-refractivity contribution in [2.24, 2.45) is 11.7 Å². The number of hydrogen-bond donors (Lipinski definition) is 1. The molecule has 3 rings (SSSR count). The summed E-state index contributed by atoms with van der Waals surface area (Å²) < 4.78 is 11.2. The Morgan fingerprint density at radius 3 is 2.68 bits per heavy atom. The minimum atomic E-state index is 0.0692. The van der Waals surface area contributed by atoms with Crippen molar-refractivity contribution in [1.29, 1.82) is 0 Å². The monoisotopic (exact) mass is 261 g/mol. The molecule has 1 aliphatic carbocycles. The van der Waals surface area contributed by atoms with E-state index < -0.39 is 0 Å². The van der Waals surface area contributed by atoms with E-state index in [-0.39, 0.29) is 17.7 Å². The number of rotatable bonds is 2. The fraction of sp³-hybridized carbons (Fsp3) is 0.533. The summed E-state index contributed by atoms with van der Waals surface area (Å²) in [6.45, 7) is 1.30. The summed E-state index contributed by atoms with van der Waals surface area (Å²) >= 11 is 0. The van der Waals surface area contributed by atoms with Gasteiger partial charge in [-0.15, -0.1) is 0 Å². The zero-order valence-electron chi connectivity index (χ0n) is 10.9. The second kappa shape index (κ2) is 5.21. The summed E-state index contributed by atoms with van der Waals surface area (Å²) in [5.41, 5.74) is 6.59. The smallest absolute Gasteiger partial charge is 0.166 e. The Kier molecular flexibility index (Phi) is 3.42. The Labute approximate surface area is 112 Å². The van der Waals surface area contributed by atoms with Gasteiger partial charge in [-0.1, -0.05) is 0 Å². The molecule has 0 spiro atoms. The first kappa shape index (κ1) is 12.5. The van der Waals surface area contributed by atoms with E-state index >= 15 is 0 Å². The lowest BCUT2D eigenvalue weighted by atomic mass is 9.96. The van der Waals surface area contributed by atoms with Crippen LogP contribution in [0.4, 0.5) is 0 Å². The first-order valence-electron chi connectivity index (χ1n) is 6.93. The summed E-state index contributed by atoms with van der Waals surface area (Å²) in [5.74, 6) is 1.67. The maximum Gasteiger partial charge on any atom is 0.166 e. The Bertz CT molecular complexity index is 486. The van der Waals surface area contributed by atoms with Gasteiger partial charge in [-0.25, -0.2) is 0 Å².